The van der Waals surface area contributed by atoms with Crippen molar-refractivity contribution >= 4 is 17.5 Å². The molecule has 0 unspecified atom stereocenters. The zero-order valence-corrected chi connectivity index (χ0v) is 13.3. The summed E-state index contributed by atoms with van der Waals surface area (Å²) in [6.45, 7) is 5.60. The first-order valence-corrected chi connectivity index (χ1v) is 7.76. The third-order valence-corrected chi connectivity index (χ3v) is 4.28. The van der Waals surface area contributed by atoms with E-state index in [0.717, 1.165) is 5.56 Å². The molecule has 2 N–H and O–H groups in total. The number of hydrogen-bond donors (Lipinski definition) is 1. The molecule has 3 atom stereocenters. The van der Waals surface area contributed by atoms with Crippen molar-refractivity contribution in [3.05, 3.63) is 34.9 Å². The molecule has 0 aromatic heterocycles. The first kappa shape index (κ1) is 16.3. The van der Waals surface area contributed by atoms with Gasteiger partial charge in [-0.2, -0.15) is 0 Å². The summed E-state index contributed by atoms with van der Waals surface area (Å²) in [6.07, 6.45) is 0.322. The van der Waals surface area contributed by atoms with Crippen LogP contribution in [0.25, 0.3) is 0 Å². The first-order valence-electron chi connectivity index (χ1n) is 7.38. The van der Waals surface area contributed by atoms with Crippen molar-refractivity contribution in [2.75, 3.05) is 19.7 Å². The van der Waals surface area contributed by atoms with Crippen LogP contribution in [0.2, 0.25) is 5.02 Å². The van der Waals surface area contributed by atoms with Crippen molar-refractivity contribution in [1.29, 1.82) is 0 Å². The van der Waals surface area contributed by atoms with E-state index < -0.39 is 0 Å². The lowest BCUT2D eigenvalue weighted by Gasteiger charge is -2.39. The van der Waals surface area contributed by atoms with Gasteiger partial charge in [0.15, 0.2) is 0 Å². The molecule has 0 bridgehead atoms. The molecule has 5 heteroatoms. The fourth-order valence-corrected chi connectivity index (χ4v) is 2.78. The second kappa shape index (κ2) is 7.25. The van der Waals surface area contributed by atoms with Crippen LogP contribution in [0, 0.1) is 5.92 Å². The number of nitrogens with two attached hydrogens (primary N) is 1. The topological polar surface area (TPSA) is 55.6 Å². The van der Waals surface area contributed by atoms with Crippen molar-refractivity contribution in [2.24, 2.45) is 11.7 Å². The molecule has 1 aromatic rings. The minimum Gasteiger partial charge on any atom is -0.369 e. The van der Waals surface area contributed by atoms with Gasteiger partial charge in [0.2, 0.25) is 5.91 Å². The van der Waals surface area contributed by atoms with E-state index in [4.69, 9.17) is 22.1 Å². The number of rotatable bonds is 4. The lowest BCUT2D eigenvalue weighted by Crippen LogP contribution is -2.48. The van der Waals surface area contributed by atoms with E-state index in [2.05, 4.69) is 0 Å². The largest absolute Gasteiger partial charge is 0.369 e. The molecule has 116 valence electrons. The Balaban J connectivity index is 2.09. The van der Waals surface area contributed by atoms with Gasteiger partial charge >= 0.3 is 0 Å². The summed E-state index contributed by atoms with van der Waals surface area (Å²) in [5.41, 5.74) is 6.55. The van der Waals surface area contributed by atoms with Gasteiger partial charge < -0.3 is 15.4 Å². The molecular formula is C16H23ClN2O2. The molecule has 0 saturated carbocycles. The van der Waals surface area contributed by atoms with Crippen LogP contribution in [-0.2, 0) is 9.53 Å². The highest BCUT2D eigenvalue weighted by Gasteiger charge is 2.31. The molecule has 0 radical (unpaired) electrons. The van der Waals surface area contributed by atoms with Gasteiger partial charge in [-0.1, -0.05) is 36.7 Å². The molecule has 1 heterocycles. The van der Waals surface area contributed by atoms with E-state index in [1.165, 1.54) is 0 Å². The first-order chi connectivity index (χ1) is 10.0. The molecule has 4 nitrogen and oxygen atoms in total. The monoisotopic (exact) mass is 310 g/mol. The number of carbonyl (C=O) groups is 1. The van der Waals surface area contributed by atoms with Crippen molar-refractivity contribution in [3.8, 4) is 0 Å². The number of nitrogens with zero attached hydrogens (tertiary/aromatic N) is 1. The van der Waals surface area contributed by atoms with E-state index in [1.807, 2.05) is 43.0 Å². The number of amides is 1. The lowest BCUT2D eigenvalue weighted by molar-refractivity contribution is -0.145. The van der Waals surface area contributed by atoms with Crippen molar-refractivity contribution in [1.82, 2.24) is 4.90 Å². The summed E-state index contributed by atoms with van der Waals surface area (Å²) in [4.78, 5) is 14.3. The minimum absolute atomic E-state index is 0.0845. The average Bonchev–Trinajstić information content (AvgIpc) is 2.48. The molecule has 1 fully saturated rings. The van der Waals surface area contributed by atoms with Gasteiger partial charge in [0.25, 0.3) is 0 Å². The SMILES string of the molecule is C[C@H](CN)CC(=O)N1C[C@@H](c2ccccc2Cl)OC[C@@H]1C. The van der Waals surface area contributed by atoms with E-state index in [-0.39, 0.29) is 24.0 Å². The van der Waals surface area contributed by atoms with Gasteiger partial charge in [-0.15, -0.1) is 0 Å². The van der Waals surface area contributed by atoms with Gasteiger partial charge in [0, 0.05) is 17.0 Å². The summed E-state index contributed by atoms with van der Waals surface area (Å²) in [5, 5.41) is 0.680. The highest BCUT2D eigenvalue weighted by molar-refractivity contribution is 6.31. The molecule has 0 aliphatic carbocycles. The van der Waals surface area contributed by atoms with Crippen LogP contribution in [-0.4, -0.2) is 36.5 Å². The van der Waals surface area contributed by atoms with E-state index in [1.54, 1.807) is 0 Å². The van der Waals surface area contributed by atoms with E-state index >= 15 is 0 Å². The second-order valence-electron chi connectivity index (χ2n) is 5.78. The summed E-state index contributed by atoms with van der Waals surface area (Å²) in [6, 6.07) is 7.71. The van der Waals surface area contributed by atoms with Crippen LogP contribution in [0.15, 0.2) is 24.3 Å². The van der Waals surface area contributed by atoms with Gasteiger partial charge in [-0.25, -0.2) is 0 Å². The van der Waals surface area contributed by atoms with Crippen LogP contribution in [0.4, 0.5) is 0 Å². The fourth-order valence-electron chi connectivity index (χ4n) is 2.53. The Bertz CT molecular complexity index is 495. The third-order valence-electron chi connectivity index (χ3n) is 3.93. The highest BCUT2D eigenvalue weighted by Crippen LogP contribution is 2.30. The Hall–Kier alpha value is -1.10. The van der Waals surface area contributed by atoms with Crippen LogP contribution in [0.3, 0.4) is 0 Å². The van der Waals surface area contributed by atoms with Crippen molar-refractivity contribution in [2.45, 2.75) is 32.4 Å². The maximum atomic E-state index is 12.4. The molecule has 1 amide bonds. The maximum absolute atomic E-state index is 12.4. The van der Waals surface area contributed by atoms with Gasteiger partial charge in [0.1, 0.15) is 6.10 Å². The van der Waals surface area contributed by atoms with Gasteiger partial charge in [0.05, 0.1) is 19.2 Å². The number of hydrogen-bond acceptors (Lipinski definition) is 3. The molecular weight excluding hydrogens is 288 g/mol. The standard InChI is InChI=1S/C16H23ClN2O2/c1-11(8-18)7-16(20)19-9-15(21-10-12(19)2)13-5-3-4-6-14(13)17/h3-6,11-12,15H,7-10,18H2,1-2H3/t11-,12-,15-/m0/s1. The molecule has 2 rings (SSSR count). The summed E-state index contributed by atoms with van der Waals surface area (Å²) < 4.78 is 5.87. The number of ether oxygens (including phenoxy) is 1. The van der Waals surface area contributed by atoms with Gasteiger partial charge in [-0.05, 0) is 25.5 Å². The van der Waals surface area contributed by atoms with Crippen LogP contribution in [0.5, 0.6) is 0 Å². The Morgan fingerprint density at radius 1 is 1.52 bits per heavy atom. The summed E-state index contributed by atoms with van der Waals surface area (Å²) in [5.74, 6) is 0.340. The van der Waals surface area contributed by atoms with E-state index in [9.17, 15) is 4.79 Å². The summed E-state index contributed by atoms with van der Waals surface area (Å²) in [7, 11) is 0. The summed E-state index contributed by atoms with van der Waals surface area (Å²) >= 11 is 6.23. The second-order valence-corrected chi connectivity index (χ2v) is 6.19. The van der Waals surface area contributed by atoms with Crippen molar-refractivity contribution < 1.29 is 9.53 Å². The number of morpholine rings is 1. The van der Waals surface area contributed by atoms with Crippen LogP contribution >= 0.6 is 11.6 Å². The molecule has 21 heavy (non-hydrogen) atoms. The average molecular weight is 311 g/mol. The predicted octanol–water partition coefficient (Wildman–Crippen LogP) is 2.61. The van der Waals surface area contributed by atoms with Crippen LogP contribution in [0.1, 0.15) is 31.9 Å². The quantitative estimate of drug-likeness (QED) is 0.930. The molecule has 1 aliphatic heterocycles. The Morgan fingerprint density at radius 3 is 2.90 bits per heavy atom. The smallest absolute Gasteiger partial charge is 0.223 e. The zero-order chi connectivity index (χ0) is 15.4. The van der Waals surface area contributed by atoms with Gasteiger partial charge in [-0.3, -0.25) is 4.79 Å². The third kappa shape index (κ3) is 3.96. The molecule has 1 saturated heterocycles. The lowest BCUT2D eigenvalue weighted by atomic mass is 10.0. The number of carbonyl (C=O) groups excluding carboxylic acids is 1. The Kier molecular flexibility index (Phi) is 5.62. The normalized spacial score (nSPS) is 23.9. The van der Waals surface area contributed by atoms with Crippen LogP contribution < -0.4 is 5.73 Å². The Morgan fingerprint density at radius 2 is 2.24 bits per heavy atom. The number of benzene rings is 1. The maximum Gasteiger partial charge on any atom is 0.223 e. The van der Waals surface area contributed by atoms with E-state index in [0.29, 0.717) is 31.1 Å². The number of halogens is 1. The fraction of sp³-hybridized carbons (Fsp3) is 0.562. The van der Waals surface area contributed by atoms with Crippen molar-refractivity contribution in [3.63, 3.8) is 0 Å². The molecule has 0 spiro atoms. The predicted molar refractivity (Wildman–Crippen MR) is 84.2 cm³/mol. The zero-order valence-electron chi connectivity index (χ0n) is 12.6. The molecule has 1 aromatic carbocycles. The Labute approximate surface area is 131 Å². The molecule has 1 aliphatic rings. The highest BCUT2D eigenvalue weighted by atomic mass is 35.5. The minimum atomic E-state index is -0.160.